The van der Waals surface area contributed by atoms with E-state index >= 15 is 0 Å². The van der Waals surface area contributed by atoms with Gasteiger partial charge in [0.15, 0.2) is 6.10 Å². The number of unbranched alkanes of at least 4 members (excludes halogenated alkanes) is 23. The number of phosphoric ester groups is 1. The zero-order chi connectivity index (χ0) is 36.5. The molecule has 0 amide bonds. The summed E-state index contributed by atoms with van der Waals surface area (Å²) in [5.41, 5.74) is 0. The average molecular weight is 720 g/mol. The number of ether oxygens (including phenoxy) is 2. The van der Waals surface area contributed by atoms with Gasteiger partial charge in [0.05, 0.1) is 27.7 Å². The first-order valence-corrected chi connectivity index (χ1v) is 21.7. The Morgan fingerprint density at radius 2 is 0.918 bits per heavy atom. The summed E-state index contributed by atoms with van der Waals surface area (Å²) in [6, 6.07) is 0. The maximum absolute atomic E-state index is 12.6. The van der Waals surface area contributed by atoms with Gasteiger partial charge < -0.3 is 27.9 Å². The van der Waals surface area contributed by atoms with E-state index in [4.69, 9.17) is 18.5 Å². The molecule has 0 spiro atoms. The Morgan fingerprint density at radius 3 is 1.31 bits per heavy atom. The van der Waals surface area contributed by atoms with Crippen LogP contribution in [-0.4, -0.2) is 70.0 Å². The lowest BCUT2D eigenvalue weighted by atomic mass is 10.0. The van der Waals surface area contributed by atoms with Crippen molar-refractivity contribution in [2.75, 3.05) is 47.5 Å². The van der Waals surface area contributed by atoms with E-state index in [0.29, 0.717) is 17.4 Å². The number of hydrogen-bond acceptors (Lipinski definition) is 8. The van der Waals surface area contributed by atoms with E-state index in [1.165, 1.54) is 122 Å². The quantitative estimate of drug-likeness (QED) is 0.0270. The van der Waals surface area contributed by atoms with Gasteiger partial charge >= 0.3 is 11.9 Å². The van der Waals surface area contributed by atoms with Crippen molar-refractivity contribution in [2.45, 2.75) is 193 Å². The topological polar surface area (TPSA) is 111 Å². The first-order valence-electron chi connectivity index (χ1n) is 20.2. The van der Waals surface area contributed by atoms with Crippen LogP contribution >= 0.6 is 7.82 Å². The van der Waals surface area contributed by atoms with Gasteiger partial charge in [0.1, 0.15) is 19.8 Å². The maximum atomic E-state index is 12.6. The van der Waals surface area contributed by atoms with Crippen molar-refractivity contribution in [3.63, 3.8) is 0 Å². The fourth-order valence-electron chi connectivity index (χ4n) is 5.65. The minimum atomic E-state index is -4.61. The lowest BCUT2D eigenvalue weighted by molar-refractivity contribution is -0.870. The fourth-order valence-corrected chi connectivity index (χ4v) is 6.38. The molecule has 10 heteroatoms. The molecule has 0 bridgehead atoms. The van der Waals surface area contributed by atoms with Crippen LogP contribution in [0.25, 0.3) is 0 Å². The number of likely N-dealkylation sites (N-methyl/N-ethyl adjacent to an activating group) is 1. The van der Waals surface area contributed by atoms with E-state index in [-0.39, 0.29) is 32.0 Å². The number of quaternary nitrogens is 1. The zero-order valence-electron chi connectivity index (χ0n) is 32.7. The largest absolute Gasteiger partial charge is 0.756 e. The first kappa shape index (κ1) is 48.0. The van der Waals surface area contributed by atoms with Gasteiger partial charge in [-0.3, -0.25) is 14.2 Å². The van der Waals surface area contributed by atoms with Crippen LogP contribution in [-0.2, 0) is 32.7 Å². The van der Waals surface area contributed by atoms with Crippen LogP contribution in [0.1, 0.15) is 187 Å². The molecule has 0 saturated heterocycles. The molecule has 0 aromatic rings. The fraction of sp³-hybridized carbons (Fsp3) is 0.949. The van der Waals surface area contributed by atoms with Crippen LogP contribution in [0.15, 0.2) is 0 Å². The molecule has 1 unspecified atom stereocenters. The van der Waals surface area contributed by atoms with Gasteiger partial charge in [-0.05, 0) is 12.8 Å². The molecule has 0 aromatic carbocycles. The van der Waals surface area contributed by atoms with Crippen molar-refractivity contribution in [1.82, 2.24) is 0 Å². The highest BCUT2D eigenvalue weighted by Crippen LogP contribution is 2.38. The Labute approximate surface area is 302 Å². The number of nitrogens with zero attached hydrogens (tertiary/aromatic N) is 1. The van der Waals surface area contributed by atoms with E-state index in [0.717, 1.165) is 32.1 Å². The number of carbonyl (C=O) groups excluding carboxylic acids is 2. The Bertz CT molecular complexity index is 819. The van der Waals surface area contributed by atoms with Gasteiger partial charge in [-0.1, -0.05) is 162 Å². The summed E-state index contributed by atoms with van der Waals surface area (Å²) in [5, 5.41) is 0. The molecule has 0 radical (unpaired) electrons. The maximum Gasteiger partial charge on any atom is 0.306 e. The van der Waals surface area contributed by atoms with Crippen molar-refractivity contribution < 1.29 is 42.1 Å². The molecule has 2 atom stereocenters. The number of hydrogen-bond donors (Lipinski definition) is 0. The molecule has 292 valence electrons. The second-order valence-electron chi connectivity index (χ2n) is 15.0. The van der Waals surface area contributed by atoms with Crippen molar-refractivity contribution in [3.05, 3.63) is 0 Å². The lowest BCUT2D eigenvalue weighted by Crippen LogP contribution is -2.37. The summed E-state index contributed by atoms with van der Waals surface area (Å²) in [6.45, 7) is 4.23. The second-order valence-corrected chi connectivity index (χ2v) is 16.4. The van der Waals surface area contributed by atoms with Gasteiger partial charge in [0.2, 0.25) is 0 Å². The zero-order valence-corrected chi connectivity index (χ0v) is 33.6. The third kappa shape index (κ3) is 36.6. The standard InChI is InChI=1S/C39H78NO8P/c1-6-8-10-12-14-16-18-19-20-22-23-25-27-29-31-38(41)45-35-37(36-47-49(43,44)46-34-33-40(3,4)5)48-39(42)32-30-28-26-24-21-17-15-13-11-9-7-2/h37H,6-36H2,1-5H3/t37-/m1/s1. The molecule has 0 aliphatic heterocycles. The minimum absolute atomic E-state index is 0.0260. The summed E-state index contributed by atoms with van der Waals surface area (Å²) < 4.78 is 33.8. The van der Waals surface area contributed by atoms with Crippen molar-refractivity contribution in [2.24, 2.45) is 0 Å². The molecular formula is C39H78NO8P. The van der Waals surface area contributed by atoms with Gasteiger partial charge in [0, 0.05) is 12.8 Å². The smallest absolute Gasteiger partial charge is 0.306 e. The summed E-state index contributed by atoms with van der Waals surface area (Å²) in [4.78, 5) is 37.3. The van der Waals surface area contributed by atoms with Crippen molar-refractivity contribution >= 4 is 19.8 Å². The van der Waals surface area contributed by atoms with Crippen LogP contribution in [0.3, 0.4) is 0 Å². The van der Waals surface area contributed by atoms with E-state index in [1.54, 1.807) is 0 Å². The van der Waals surface area contributed by atoms with E-state index in [2.05, 4.69) is 13.8 Å². The normalized spacial score (nSPS) is 13.7. The third-order valence-electron chi connectivity index (χ3n) is 8.88. The highest BCUT2D eigenvalue weighted by atomic mass is 31.2. The molecule has 0 aromatic heterocycles. The molecular weight excluding hydrogens is 641 g/mol. The highest BCUT2D eigenvalue weighted by Gasteiger charge is 2.21. The lowest BCUT2D eigenvalue weighted by Gasteiger charge is -2.28. The molecule has 0 aliphatic carbocycles. The van der Waals surface area contributed by atoms with E-state index in [9.17, 15) is 19.0 Å². The highest BCUT2D eigenvalue weighted by molar-refractivity contribution is 7.45. The Kier molecular flexibility index (Phi) is 32.2. The number of phosphoric acid groups is 1. The van der Waals surface area contributed by atoms with Crippen LogP contribution in [0.5, 0.6) is 0 Å². The Morgan fingerprint density at radius 1 is 0.551 bits per heavy atom. The van der Waals surface area contributed by atoms with Crippen LogP contribution < -0.4 is 4.89 Å². The second kappa shape index (κ2) is 32.9. The van der Waals surface area contributed by atoms with Crippen molar-refractivity contribution in [3.8, 4) is 0 Å². The first-order chi connectivity index (χ1) is 23.5. The predicted octanol–water partition coefficient (Wildman–Crippen LogP) is 10.2. The van der Waals surface area contributed by atoms with Crippen LogP contribution in [0, 0.1) is 0 Å². The van der Waals surface area contributed by atoms with E-state index < -0.39 is 26.5 Å². The van der Waals surface area contributed by atoms with Gasteiger partial charge in [-0.2, -0.15) is 0 Å². The van der Waals surface area contributed by atoms with Crippen LogP contribution in [0.4, 0.5) is 0 Å². The molecule has 0 heterocycles. The third-order valence-corrected chi connectivity index (χ3v) is 9.84. The minimum Gasteiger partial charge on any atom is -0.756 e. The van der Waals surface area contributed by atoms with Crippen molar-refractivity contribution in [1.29, 1.82) is 0 Å². The van der Waals surface area contributed by atoms with E-state index in [1.807, 2.05) is 21.1 Å². The number of esters is 2. The van der Waals surface area contributed by atoms with Crippen LogP contribution in [0.2, 0.25) is 0 Å². The van der Waals surface area contributed by atoms with Gasteiger partial charge in [0.25, 0.3) is 7.82 Å². The summed E-state index contributed by atoms with van der Waals surface area (Å²) in [6.07, 6.45) is 29.8. The SMILES string of the molecule is CCCCCCCCCCCCCCCCC(=O)OC[C@H](COP(=O)([O-])OCC[N+](C)(C)C)OC(=O)CCCCCCCCCCCCC. The summed E-state index contributed by atoms with van der Waals surface area (Å²) in [7, 11) is 1.18. The number of carbonyl (C=O) groups is 2. The van der Waals surface area contributed by atoms with Gasteiger partial charge in [-0.15, -0.1) is 0 Å². The molecule has 9 nitrogen and oxygen atoms in total. The number of rotatable bonds is 37. The summed E-state index contributed by atoms with van der Waals surface area (Å²) >= 11 is 0. The van der Waals surface area contributed by atoms with Gasteiger partial charge in [-0.25, -0.2) is 0 Å². The molecule has 0 saturated carbocycles. The molecule has 0 rings (SSSR count). The monoisotopic (exact) mass is 720 g/mol. The molecule has 0 aliphatic rings. The summed E-state index contributed by atoms with van der Waals surface area (Å²) in [5.74, 6) is -0.825. The average Bonchev–Trinajstić information content (AvgIpc) is 3.04. The molecule has 0 fully saturated rings. The predicted molar refractivity (Wildman–Crippen MR) is 199 cm³/mol. The Balaban J connectivity index is 4.36. The molecule has 0 N–H and O–H groups in total. The Hall–Kier alpha value is -0.990. The molecule has 49 heavy (non-hydrogen) atoms.